The first-order chi connectivity index (χ1) is 13.8. The van der Waals surface area contributed by atoms with E-state index in [9.17, 15) is 5.26 Å². The van der Waals surface area contributed by atoms with Gasteiger partial charge in [0, 0.05) is 37.6 Å². The van der Waals surface area contributed by atoms with Gasteiger partial charge in [-0.3, -0.25) is 0 Å². The third-order valence-electron chi connectivity index (χ3n) is 4.67. The van der Waals surface area contributed by atoms with Gasteiger partial charge in [0.1, 0.15) is 17.3 Å². The Kier molecular flexibility index (Phi) is 5.13. The second-order valence-electron chi connectivity index (χ2n) is 6.59. The van der Waals surface area contributed by atoms with Crippen LogP contribution in [0.3, 0.4) is 0 Å². The van der Waals surface area contributed by atoms with E-state index in [4.69, 9.17) is 10.5 Å². The van der Waals surface area contributed by atoms with E-state index in [1.54, 1.807) is 36.8 Å². The molecule has 0 radical (unpaired) electrons. The molecule has 1 aliphatic rings. The minimum Gasteiger partial charge on any atom is -0.455 e. The predicted molar refractivity (Wildman–Crippen MR) is 106 cm³/mol. The Morgan fingerprint density at radius 3 is 2.46 bits per heavy atom. The molecule has 3 heterocycles. The summed E-state index contributed by atoms with van der Waals surface area (Å²) in [6, 6.07) is 11.2. The van der Waals surface area contributed by atoms with E-state index < -0.39 is 0 Å². The minimum atomic E-state index is 0.381. The molecular weight excluding hydrogens is 352 g/mol. The molecule has 0 spiro atoms. The maximum atomic E-state index is 9.25. The molecule has 7 heteroatoms. The molecule has 0 bridgehead atoms. The van der Waals surface area contributed by atoms with Crippen LogP contribution in [0, 0.1) is 11.3 Å². The van der Waals surface area contributed by atoms with Gasteiger partial charge >= 0.3 is 0 Å². The largest absolute Gasteiger partial charge is 0.455 e. The molecule has 0 amide bonds. The molecule has 1 fully saturated rings. The molecule has 3 aromatic rings. The number of anilines is 1. The zero-order valence-electron chi connectivity index (χ0n) is 15.4. The molecule has 2 aromatic heterocycles. The van der Waals surface area contributed by atoms with Gasteiger partial charge in [-0.05, 0) is 43.2 Å². The lowest BCUT2D eigenvalue weighted by Crippen LogP contribution is -2.18. The predicted octanol–water partition coefficient (Wildman–Crippen LogP) is 3.26. The molecule has 1 aliphatic heterocycles. The van der Waals surface area contributed by atoms with Crippen LogP contribution in [0.25, 0.3) is 11.4 Å². The molecular formula is C21H20N6O. The van der Waals surface area contributed by atoms with Gasteiger partial charge in [0.25, 0.3) is 0 Å². The fourth-order valence-electron chi connectivity index (χ4n) is 3.15. The third-order valence-corrected chi connectivity index (χ3v) is 4.67. The van der Waals surface area contributed by atoms with Gasteiger partial charge < -0.3 is 15.4 Å². The molecule has 0 aliphatic carbocycles. The van der Waals surface area contributed by atoms with Crippen LogP contribution in [0.5, 0.6) is 11.5 Å². The Morgan fingerprint density at radius 1 is 1.04 bits per heavy atom. The molecule has 2 N–H and O–H groups in total. The van der Waals surface area contributed by atoms with E-state index in [0.29, 0.717) is 35.0 Å². The number of nitrogens with two attached hydrogens (primary N) is 1. The first kappa shape index (κ1) is 17.9. The van der Waals surface area contributed by atoms with Crippen molar-refractivity contribution in [1.29, 1.82) is 5.26 Å². The summed E-state index contributed by atoms with van der Waals surface area (Å²) in [5.41, 5.74) is 7.66. The third kappa shape index (κ3) is 3.77. The topological polar surface area (TPSA) is 101 Å². The second-order valence-corrected chi connectivity index (χ2v) is 6.59. The van der Waals surface area contributed by atoms with Crippen molar-refractivity contribution in [3.63, 3.8) is 0 Å². The van der Waals surface area contributed by atoms with Gasteiger partial charge in [0.05, 0.1) is 23.4 Å². The highest BCUT2D eigenvalue weighted by Gasteiger charge is 2.15. The Hall–Kier alpha value is -3.50. The van der Waals surface area contributed by atoms with E-state index in [-0.39, 0.29) is 0 Å². The number of rotatable bonds is 5. The lowest BCUT2D eigenvalue weighted by Gasteiger charge is -2.16. The second kappa shape index (κ2) is 8.03. The Bertz CT molecular complexity index is 989. The molecule has 1 aromatic carbocycles. The van der Waals surface area contributed by atoms with E-state index in [0.717, 1.165) is 24.5 Å². The summed E-state index contributed by atoms with van der Waals surface area (Å²) in [4.78, 5) is 15.5. The van der Waals surface area contributed by atoms with E-state index in [1.165, 1.54) is 12.8 Å². The van der Waals surface area contributed by atoms with Crippen LogP contribution < -0.4 is 15.4 Å². The van der Waals surface area contributed by atoms with Crippen LogP contribution in [-0.2, 0) is 6.54 Å². The van der Waals surface area contributed by atoms with Crippen molar-refractivity contribution >= 4 is 5.82 Å². The molecule has 7 nitrogen and oxygen atoms in total. The standard InChI is InChI=1S/C21H20N6O/c22-10-15-3-5-18(21-25-12-16(11-23)13-26-21)19(9-15)28-17-4-6-20(24-14-17)27-7-1-2-8-27/h3-6,9,12-14H,1-2,7-8,11,23H2. The lowest BCUT2D eigenvalue weighted by molar-refractivity contribution is 0.481. The van der Waals surface area contributed by atoms with Gasteiger partial charge in [-0.15, -0.1) is 0 Å². The first-order valence-corrected chi connectivity index (χ1v) is 9.21. The highest BCUT2D eigenvalue weighted by Crippen LogP contribution is 2.33. The molecule has 140 valence electrons. The quantitative estimate of drug-likeness (QED) is 0.733. The first-order valence-electron chi connectivity index (χ1n) is 9.21. The van der Waals surface area contributed by atoms with Gasteiger partial charge in [-0.2, -0.15) is 5.26 Å². The van der Waals surface area contributed by atoms with Crippen molar-refractivity contribution in [1.82, 2.24) is 15.0 Å². The van der Waals surface area contributed by atoms with Crippen molar-refractivity contribution in [2.45, 2.75) is 19.4 Å². The van der Waals surface area contributed by atoms with Crippen LogP contribution in [0.1, 0.15) is 24.0 Å². The number of ether oxygens (including phenoxy) is 1. The van der Waals surface area contributed by atoms with Crippen LogP contribution in [0.4, 0.5) is 5.82 Å². The van der Waals surface area contributed by atoms with E-state index in [2.05, 4.69) is 25.9 Å². The zero-order chi connectivity index (χ0) is 19.3. The summed E-state index contributed by atoms with van der Waals surface area (Å²) in [5, 5.41) is 9.25. The minimum absolute atomic E-state index is 0.381. The number of benzene rings is 1. The summed E-state index contributed by atoms with van der Waals surface area (Å²) in [5.74, 6) is 2.57. The zero-order valence-corrected chi connectivity index (χ0v) is 15.4. The average Bonchev–Trinajstić information content (AvgIpc) is 3.29. The fourth-order valence-corrected chi connectivity index (χ4v) is 3.15. The van der Waals surface area contributed by atoms with E-state index >= 15 is 0 Å². The Labute approximate surface area is 163 Å². The highest BCUT2D eigenvalue weighted by atomic mass is 16.5. The van der Waals surface area contributed by atoms with Crippen molar-refractivity contribution in [3.8, 4) is 29.0 Å². The molecule has 1 saturated heterocycles. The van der Waals surface area contributed by atoms with Gasteiger partial charge in [0.2, 0.25) is 0 Å². The monoisotopic (exact) mass is 372 g/mol. The van der Waals surface area contributed by atoms with Gasteiger partial charge in [0.15, 0.2) is 5.82 Å². The average molecular weight is 372 g/mol. The number of aromatic nitrogens is 3. The summed E-state index contributed by atoms with van der Waals surface area (Å²) < 4.78 is 6.04. The molecule has 0 atom stereocenters. The number of hydrogen-bond donors (Lipinski definition) is 1. The lowest BCUT2D eigenvalue weighted by atomic mass is 10.1. The SMILES string of the molecule is N#Cc1ccc(-c2ncc(CN)cn2)c(Oc2ccc(N3CCCC3)nc2)c1. The molecule has 28 heavy (non-hydrogen) atoms. The van der Waals surface area contributed by atoms with Crippen LogP contribution in [0.2, 0.25) is 0 Å². The summed E-state index contributed by atoms with van der Waals surface area (Å²) in [7, 11) is 0. The number of nitrogens with zero attached hydrogens (tertiary/aromatic N) is 5. The summed E-state index contributed by atoms with van der Waals surface area (Å²) in [6.45, 7) is 2.46. The smallest absolute Gasteiger partial charge is 0.162 e. The fraction of sp³-hybridized carbons (Fsp3) is 0.238. The molecule has 0 saturated carbocycles. The molecule has 0 unspecified atom stereocenters. The highest BCUT2D eigenvalue weighted by molar-refractivity contribution is 5.66. The van der Waals surface area contributed by atoms with E-state index in [1.807, 2.05) is 12.1 Å². The van der Waals surface area contributed by atoms with Crippen molar-refractivity contribution < 1.29 is 4.74 Å². The van der Waals surface area contributed by atoms with Crippen molar-refractivity contribution in [2.24, 2.45) is 5.73 Å². The van der Waals surface area contributed by atoms with Crippen LogP contribution in [0.15, 0.2) is 48.9 Å². The molecule has 4 rings (SSSR count). The number of pyridine rings is 1. The Morgan fingerprint density at radius 2 is 1.82 bits per heavy atom. The van der Waals surface area contributed by atoms with Crippen molar-refractivity contribution in [3.05, 3.63) is 60.0 Å². The maximum Gasteiger partial charge on any atom is 0.162 e. The normalized spacial score (nSPS) is 13.4. The number of hydrogen-bond acceptors (Lipinski definition) is 7. The summed E-state index contributed by atoms with van der Waals surface area (Å²) >= 11 is 0. The number of nitriles is 1. The van der Waals surface area contributed by atoms with Gasteiger partial charge in [-0.25, -0.2) is 15.0 Å². The van der Waals surface area contributed by atoms with Crippen LogP contribution >= 0.6 is 0 Å². The van der Waals surface area contributed by atoms with Crippen LogP contribution in [-0.4, -0.2) is 28.0 Å². The van der Waals surface area contributed by atoms with Gasteiger partial charge in [-0.1, -0.05) is 0 Å². The summed E-state index contributed by atoms with van der Waals surface area (Å²) in [6.07, 6.45) is 7.49. The van der Waals surface area contributed by atoms with Crippen molar-refractivity contribution in [2.75, 3.05) is 18.0 Å². The maximum absolute atomic E-state index is 9.25. The Balaban J connectivity index is 1.63.